The van der Waals surface area contributed by atoms with Gasteiger partial charge in [0.15, 0.2) is 0 Å². The van der Waals surface area contributed by atoms with Gasteiger partial charge in [0.05, 0.1) is 23.9 Å². The third-order valence-corrected chi connectivity index (χ3v) is 4.41. The van der Waals surface area contributed by atoms with Gasteiger partial charge >= 0.3 is 7.12 Å². The molecule has 0 aliphatic carbocycles. The first-order valence-electron chi connectivity index (χ1n) is 7.92. The zero-order valence-electron chi connectivity index (χ0n) is 15.0. The molecule has 5 nitrogen and oxygen atoms in total. The molecule has 1 heterocycles. The second kappa shape index (κ2) is 6.17. The lowest BCUT2D eigenvalue weighted by Gasteiger charge is -2.32. The molecule has 0 saturated carbocycles. The number of hydrogen-bond acceptors (Lipinski definition) is 4. The monoisotopic (exact) mass is 319 g/mol. The fourth-order valence-electron chi connectivity index (χ4n) is 2.37. The Kier molecular flexibility index (Phi) is 4.78. The van der Waals surface area contributed by atoms with Gasteiger partial charge in [0.2, 0.25) is 0 Å². The van der Waals surface area contributed by atoms with Crippen LogP contribution in [-0.4, -0.2) is 37.4 Å². The molecule has 2 rings (SSSR count). The highest BCUT2D eigenvalue weighted by molar-refractivity contribution is 6.62. The zero-order chi connectivity index (χ0) is 17.4. The number of amides is 1. The van der Waals surface area contributed by atoms with Gasteiger partial charge in [-0.05, 0) is 59.1 Å². The zero-order valence-corrected chi connectivity index (χ0v) is 15.0. The summed E-state index contributed by atoms with van der Waals surface area (Å²) >= 11 is 0. The van der Waals surface area contributed by atoms with Gasteiger partial charge in [-0.3, -0.25) is 4.79 Å². The summed E-state index contributed by atoms with van der Waals surface area (Å²) in [6.07, 6.45) is 0. The Hall–Kier alpha value is -1.53. The molecule has 0 unspecified atom stereocenters. The van der Waals surface area contributed by atoms with Crippen LogP contribution in [0.15, 0.2) is 18.2 Å². The summed E-state index contributed by atoms with van der Waals surface area (Å²) in [6, 6.07) is 5.47. The molecule has 1 aromatic carbocycles. The summed E-state index contributed by atoms with van der Waals surface area (Å²) in [7, 11) is 1.05. The minimum absolute atomic E-state index is 0.0488. The van der Waals surface area contributed by atoms with Crippen LogP contribution < -0.4 is 15.5 Å². The highest BCUT2D eigenvalue weighted by atomic mass is 16.7. The highest BCUT2D eigenvalue weighted by Gasteiger charge is 2.51. The maximum absolute atomic E-state index is 12.4. The Labute approximate surface area is 138 Å². The molecule has 0 aromatic heterocycles. The Balaban J connectivity index is 2.34. The largest absolute Gasteiger partial charge is 0.496 e. The molecule has 23 heavy (non-hydrogen) atoms. The van der Waals surface area contributed by atoms with E-state index in [2.05, 4.69) is 5.32 Å². The number of rotatable bonds is 4. The smallest absolute Gasteiger partial charge is 0.494 e. The van der Waals surface area contributed by atoms with Crippen molar-refractivity contribution in [2.24, 2.45) is 0 Å². The number of carbonyl (C=O) groups excluding carboxylic acids is 1. The van der Waals surface area contributed by atoms with E-state index in [1.165, 1.54) is 0 Å². The first-order valence-corrected chi connectivity index (χ1v) is 7.92. The van der Waals surface area contributed by atoms with Gasteiger partial charge in [-0.15, -0.1) is 0 Å². The number of carbonyl (C=O) groups is 1. The molecule has 1 fully saturated rings. The van der Waals surface area contributed by atoms with E-state index < -0.39 is 18.3 Å². The maximum atomic E-state index is 12.4. The minimum Gasteiger partial charge on any atom is -0.496 e. The number of nitrogens with one attached hydrogen (secondary N) is 1. The van der Waals surface area contributed by atoms with Crippen LogP contribution in [0.5, 0.6) is 5.75 Å². The number of benzene rings is 1. The van der Waals surface area contributed by atoms with Gasteiger partial charge in [0.25, 0.3) is 5.91 Å². The summed E-state index contributed by atoms with van der Waals surface area (Å²) in [4.78, 5) is 12.4. The van der Waals surface area contributed by atoms with E-state index in [-0.39, 0.29) is 11.9 Å². The quantitative estimate of drug-likeness (QED) is 0.864. The Bertz CT molecular complexity index is 582. The number of hydrogen-bond donors (Lipinski definition) is 1. The highest BCUT2D eigenvalue weighted by Crippen LogP contribution is 2.36. The van der Waals surface area contributed by atoms with Gasteiger partial charge < -0.3 is 19.4 Å². The standard InChI is InChI=1S/C17H26BNO4/c1-11(2)19-15(20)13-10-12(8-9-14(13)21-7)18-22-16(3,4)17(5,6)23-18/h8-11H,1-7H3,(H,19,20). The lowest BCUT2D eigenvalue weighted by atomic mass is 9.78. The molecule has 0 atom stereocenters. The molecule has 1 saturated heterocycles. The van der Waals surface area contributed by atoms with Crippen LogP contribution in [0.4, 0.5) is 0 Å². The number of methoxy groups -OCH3 is 1. The van der Waals surface area contributed by atoms with E-state index in [0.717, 1.165) is 5.46 Å². The molecule has 126 valence electrons. The summed E-state index contributed by atoms with van der Waals surface area (Å²) in [5, 5.41) is 2.88. The fraction of sp³-hybridized carbons (Fsp3) is 0.588. The molecular weight excluding hydrogens is 293 g/mol. The van der Waals surface area contributed by atoms with E-state index in [0.29, 0.717) is 11.3 Å². The van der Waals surface area contributed by atoms with Crippen molar-refractivity contribution in [2.75, 3.05) is 7.11 Å². The van der Waals surface area contributed by atoms with Gasteiger partial charge in [-0.1, -0.05) is 6.07 Å². The predicted octanol–water partition coefficient (Wildman–Crippen LogP) is 2.13. The van der Waals surface area contributed by atoms with Crippen LogP contribution in [0, 0.1) is 0 Å². The molecule has 1 aromatic rings. The van der Waals surface area contributed by atoms with Crippen LogP contribution in [0.3, 0.4) is 0 Å². The second-order valence-corrected chi connectivity index (χ2v) is 7.18. The van der Waals surface area contributed by atoms with Crippen molar-refractivity contribution in [3.8, 4) is 5.75 Å². The van der Waals surface area contributed by atoms with E-state index in [4.69, 9.17) is 14.0 Å². The van der Waals surface area contributed by atoms with E-state index in [1.54, 1.807) is 19.2 Å². The van der Waals surface area contributed by atoms with Crippen LogP contribution >= 0.6 is 0 Å². The first kappa shape index (κ1) is 17.8. The average molecular weight is 319 g/mol. The van der Waals surface area contributed by atoms with Crippen molar-refractivity contribution < 1.29 is 18.8 Å². The van der Waals surface area contributed by atoms with Gasteiger partial charge in [0, 0.05) is 6.04 Å². The molecule has 0 radical (unpaired) electrons. The third-order valence-electron chi connectivity index (χ3n) is 4.41. The van der Waals surface area contributed by atoms with Gasteiger partial charge in [0.1, 0.15) is 5.75 Å². The normalized spacial score (nSPS) is 19.0. The van der Waals surface area contributed by atoms with Gasteiger partial charge in [-0.25, -0.2) is 0 Å². The van der Waals surface area contributed by atoms with Crippen molar-refractivity contribution >= 4 is 18.5 Å². The Morgan fingerprint density at radius 3 is 2.22 bits per heavy atom. The average Bonchev–Trinajstić information content (AvgIpc) is 2.66. The van der Waals surface area contributed by atoms with Gasteiger partial charge in [-0.2, -0.15) is 0 Å². The van der Waals surface area contributed by atoms with Crippen LogP contribution in [-0.2, 0) is 9.31 Å². The Morgan fingerprint density at radius 1 is 1.17 bits per heavy atom. The lowest BCUT2D eigenvalue weighted by molar-refractivity contribution is 0.00578. The fourth-order valence-corrected chi connectivity index (χ4v) is 2.37. The first-order chi connectivity index (χ1) is 10.6. The van der Waals surface area contributed by atoms with E-state index >= 15 is 0 Å². The molecule has 6 heteroatoms. The lowest BCUT2D eigenvalue weighted by Crippen LogP contribution is -2.41. The minimum atomic E-state index is -0.503. The summed E-state index contributed by atoms with van der Waals surface area (Å²) in [6.45, 7) is 11.8. The molecular formula is C17H26BNO4. The summed E-state index contributed by atoms with van der Waals surface area (Å²) < 4.78 is 17.4. The van der Waals surface area contributed by atoms with Crippen LogP contribution in [0.1, 0.15) is 51.9 Å². The van der Waals surface area contributed by atoms with Crippen molar-refractivity contribution in [3.05, 3.63) is 23.8 Å². The third kappa shape index (κ3) is 3.53. The van der Waals surface area contributed by atoms with Crippen molar-refractivity contribution in [1.82, 2.24) is 5.32 Å². The maximum Gasteiger partial charge on any atom is 0.494 e. The molecule has 1 amide bonds. The van der Waals surface area contributed by atoms with Crippen molar-refractivity contribution in [1.29, 1.82) is 0 Å². The SMILES string of the molecule is COc1ccc(B2OC(C)(C)C(C)(C)O2)cc1C(=O)NC(C)C. The summed E-state index contributed by atoms with van der Waals surface area (Å²) in [5.41, 5.74) is 0.447. The molecule has 0 bridgehead atoms. The van der Waals surface area contributed by atoms with Crippen molar-refractivity contribution in [3.63, 3.8) is 0 Å². The molecule has 1 aliphatic heterocycles. The predicted molar refractivity (Wildman–Crippen MR) is 91.3 cm³/mol. The Morgan fingerprint density at radius 2 is 1.74 bits per heavy atom. The topological polar surface area (TPSA) is 56.8 Å². The molecule has 1 aliphatic rings. The van der Waals surface area contributed by atoms with Crippen LogP contribution in [0.2, 0.25) is 0 Å². The second-order valence-electron chi connectivity index (χ2n) is 7.18. The number of ether oxygens (including phenoxy) is 1. The molecule has 1 N–H and O–H groups in total. The summed E-state index contributed by atoms with van der Waals surface area (Å²) in [5.74, 6) is 0.360. The molecule has 0 spiro atoms. The van der Waals surface area contributed by atoms with E-state index in [9.17, 15) is 4.79 Å². The van der Waals surface area contributed by atoms with Crippen molar-refractivity contribution in [2.45, 2.75) is 58.8 Å². The van der Waals surface area contributed by atoms with E-state index in [1.807, 2.05) is 47.6 Å². The van der Waals surface area contributed by atoms with Crippen LogP contribution in [0.25, 0.3) is 0 Å².